The van der Waals surface area contributed by atoms with Crippen molar-refractivity contribution in [2.45, 2.75) is 52.0 Å². The Morgan fingerprint density at radius 2 is 2.24 bits per heavy atom. The molecular formula is C14H26N2O. The molecule has 0 bridgehead atoms. The van der Waals surface area contributed by atoms with Crippen molar-refractivity contribution in [3.63, 3.8) is 0 Å². The van der Waals surface area contributed by atoms with E-state index >= 15 is 0 Å². The van der Waals surface area contributed by atoms with E-state index in [1.807, 2.05) is 18.7 Å². The van der Waals surface area contributed by atoms with Crippen molar-refractivity contribution in [2.24, 2.45) is 0 Å². The van der Waals surface area contributed by atoms with Gasteiger partial charge in [0.2, 0.25) is 5.91 Å². The van der Waals surface area contributed by atoms with Gasteiger partial charge in [-0.1, -0.05) is 18.6 Å². The molecule has 3 heteroatoms. The van der Waals surface area contributed by atoms with Gasteiger partial charge in [0, 0.05) is 25.6 Å². The van der Waals surface area contributed by atoms with Crippen LogP contribution < -0.4 is 5.32 Å². The highest BCUT2D eigenvalue weighted by Crippen LogP contribution is 2.12. The number of carbonyl (C=O) groups excluding carboxylic acids is 1. The molecule has 0 aromatic rings. The van der Waals surface area contributed by atoms with Crippen LogP contribution >= 0.6 is 0 Å². The minimum Gasteiger partial charge on any atom is -0.339 e. The number of hydrogen-bond donors (Lipinski definition) is 1. The first kappa shape index (κ1) is 14.2. The van der Waals surface area contributed by atoms with E-state index in [1.54, 1.807) is 0 Å². The predicted octanol–water partition coefficient (Wildman–Crippen LogP) is 2.33. The van der Waals surface area contributed by atoms with Crippen LogP contribution in [0.25, 0.3) is 0 Å². The molecule has 3 nitrogen and oxygen atoms in total. The highest BCUT2D eigenvalue weighted by molar-refractivity contribution is 5.76. The van der Waals surface area contributed by atoms with Gasteiger partial charge in [-0.3, -0.25) is 4.79 Å². The molecule has 1 amide bonds. The normalized spacial score (nSPS) is 20.0. The van der Waals surface area contributed by atoms with Crippen LogP contribution in [0.4, 0.5) is 0 Å². The number of amides is 1. The summed E-state index contributed by atoms with van der Waals surface area (Å²) in [6.45, 7) is 10.5. The Bertz CT molecular complexity index is 257. The summed E-state index contributed by atoms with van der Waals surface area (Å²) < 4.78 is 0. The minimum absolute atomic E-state index is 0.267. The van der Waals surface area contributed by atoms with Crippen LogP contribution in [-0.2, 0) is 4.79 Å². The smallest absolute Gasteiger partial charge is 0.222 e. The van der Waals surface area contributed by atoms with E-state index in [1.165, 1.54) is 19.3 Å². The van der Waals surface area contributed by atoms with E-state index in [2.05, 4.69) is 11.9 Å². The summed E-state index contributed by atoms with van der Waals surface area (Å²) >= 11 is 0. The first-order valence-electron chi connectivity index (χ1n) is 6.79. The third kappa shape index (κ3) is 5.35. The van der Waals surface area contributed by atoms with Crippen LogP contribution in [0.15, 0.2) is 12.2 Å². The average molecular weight is 238 g/mol. The summed E-state index contributed by atoms with van der Waals surface area (Å²) in [6, 6.07) is 0.552. The molecule has 1 rings (SSSR count). The van der Waals surface area contributed by atoms with E-state index < -0.39 is 0 Å². The fourth-order valence-corrected chi connectivity index (χ4v) is 2.33. The van der Waals surface area contributed by atoms with Gasteiger partial charge in [-0.2, -0.15) is 0 Å². The zero-order valence-electron chi connectivity index (χ0n) is 11.3. The molecule has 0 aliphatic carbocycles. The minimum atomic E-state index is 0.267. The van der Waals surface area contributed by atoms with Crippen molar-refractivity contribution in [1.29, 1.82) is 0 Å². The molecule has 0 saturated carbocycles. The van der Waals surface area contributed by atoms with E-state index in [0.717, 1.165) is 25.1 Å². The fourth-order valence-electron chi connectivity index (χ4n) is 2.33. The molecule has 17 heavy (non-hydrogen) atoms. The summed E-state index contributed by atoms with van der Waals surface area (Å²) in [5.74, 6) is 0.267. The molecular weight excluding hydrogens is 212 g/mol. The Kier molecular flexibility index (Phi) is 6.27. The molecule has 1 fully saturated rings. The van der Waals surface area contributed by atoms with Crippen molar-refractivity contribution in [3.8, 4) is 0 Å². The first-order chi connectivity index (χ1) is 8.13. The van der Waals surface area contributed by atoms with Crippen LogP contribution in [0.5, 0.6) is 0 Å². The zero-order chi connectivity index (χ0) is 12.7. The third-order valence-electron chi connectivity index (χ3n) is 3.31. The molecule has 98 valence electrons. The lowest BCUT2D eigenvalue weighted by Crippen LogP contribution is -2.37. The van der Waals surface area contributed by atoms with Crippen molar-refractivity contribution < 1.29 is 4.79 Å². The van der Waals surface area contributed by atoms with Crippen LogP contribution in [-0.4, -0.2) is 36.5 Å². The SMILES string of the molecule is C=C(C)CN(CC)C(=O)CCC1CCCCN1. The largest absolute Gasteiger partial charge is 0.339 e. The number of nitrogens with one attached hydrogen (secondary N) is 1. The second-order valence-electron chi connectivity index (χ2n) is 5.05. The van der Waals surface area contributed by atoms with Gasteiger partial charge in [-0.25, -0.2) is 0 Å². The molecule has 0 aromatic heterocycles. The lowest BCUT2D eigenvalue weighted by molar-refractivity contribution is -0.130. The number of hydrogen-bond acceptors (Lipinski definition) is 2. The Morgan fingerprint density at radius 3 is 2.76 bits per heavy atom. The van der Waals surface area contributed by atoms with Gasteiger partial charge in [0.15, 0.2) is 0 Å². The second-order valence-corrected chi connectivity index (χ2v) is 5.05. The predicted molar refractivity (Wildman–Crippen MR) is 71.9 cm³/mol. The summed E-state index contributed by atoms with van der Waals surface area (Å²) in [6.07, 6.45) is 5.44. The molecule has 1 aliphatic rings. The standard InChI is InChI=1S/C14H26N2O/c1-4-16(11-12(2)3)14(17)9-8-13-7-5-6-10-15-13/h13,15H,2,4-11H2,1,3H3. The number of piperidine rings is 1. The van der Waals surface area contributed by atoms with Gasteiger partial charge in [-0.15, -0.1) is 0 Å². The van der Waals surface area contributed by atoms with E-state index in [9.17, 15) is 4.79 Å². The Morgan fingerprint density at radius 1 is 1.47 bits per heavy atom. The average Bonchev–Trinajstić information content (AvgIpc) is 2.34. The van der Waals surface area contributed by atoms with Crippen LogP contribution in [0.2, 0.25) is 0 Å². The first-order valence-corrected chi connectivity index (χ1v) is 6.79. The summed E-state index contributed by atoms with van der Waals surface area (Å²) in [5.41, 5.74) is 1.05. The van der Waals surface area contributed by atoms with Gasteiger partial charge in [0.25, 0.3) is 0 Å². The molecule has 1 unspecified atom stereocenters. The molecule has 1 aliphatic heterocycles. The molecule has 1 N–H and O–H groups in total. The lowest BCUT2D eigenvalue weighted by atomic mass is 10.0. The van der Waals surface area contributed by atoms with Gasteiger partial charge in [0.1, 0.15) is 0 Å². The third-order valence-corrected chi connectivity index (χ3v) is 3.31. The summed E-state index contributed by atoms with van der Waals surface area (Å²) in [4.78, 5) is 13.9. The number of nitrogens with zero attached hydrogens (tertiary/aromatic N) is 1. The Labute approximate surface area is 105 Å². The van der Waals surface area contributed by atoms with Gasteiger partial charge >= 0.3 is 0 Å². The van der Waals surface area contributed by atoms with Crippen LogP contribution in [0.3, 0.4) is 0 Å². The molecule has 1 atom stereocenters. The van der Waals surface area contributed by atoms with Gasteiger partial charge in [-0.05, 0) is 39.7 Å². The van der Waals surface area contributed by atoms with Crippen LogP contribution in [0, 0.1) is 0 Å². The van der Waals surface area contributed by atoms with Crippen molar-refractivity contribution >= 4 is 5.91 Å². The fraction of sp³-hybridized carbons (Fsp3) is 0.786. The van der Waals surface area contributed by atoms with Crippen molar-refractivity contribution in [2.75, 3.05) is 19.6 Å². The quantitative estimate of drug-likeness (QED) is 0.720. The molecule has 1 heterocycles. The van der Waals surface area contributed by atoms with E-state index in [4.69, 9.17) is 0 Å². The van der Waals surface area contributed by atoms with Crippen molar-refractivity contribution in [1.82, 2.24) is 10.2 Å². The maximum atomic E-state index is 12.0. The topological polar surface area (TPSA) is 32.3 Å². The summed E-state index contributed by atoms with van der Waals surface area (Å²) in [5, 5.41) is 3.48. The maximum Gasteiger partial charge on any atom is 0.222 e. The molecule has 0 spiro atoms. The number of carbonyl (C=O) groups is 1. The van der Waals surface area contributed by atoms with Gasteiger partial charge < -0.3 is 10.2 Å². The summed E-state index contributed by atoms with van der Waals surface area (Å²) in [7, 11) is 0. The molecule has 1 saturated heterocycles. The molecule has 0 aromatic carbocycles. The second kappa shape index (κ2) is 7.49. The monoisotopic (exact) mass is 238 g/mol. The molecule has 0 radical (unpaired) electrons. The number of rotatable bonds is 6. The zero-order valence-corrected chi connectivity index (χ0v) is 11.3. The van der Waals surface area contributed by atoms with Crippen molar-refractivity contribution in [3.05, 3.63) is 12.2 Å². The van der Waals surface area contributed by atoms with E-state index in [0.29, 0.717) is 19.0 Å². The highest BCUT2D eigenvalue weighted by Gasteiger charge is 2.16. The van der Waals surface area contributed by atoms with E-state index in [-0.39, 0.29) is 5.91 Å². The van der Waals surface area contributed by atoms with Crippen LogP contribution in [0.1, 0.15) is 46.0 Å². The van der Waals surface area contributed by atoms with Gasteiger partial charge in [0.05, 0.1) is 0 Å². The maximum absolute atomic E-state index is 12.0. The Hall–Kier alpha value is -0.830. The number of likely N-dealkylation sites (N-methyl/N-ethyl adjacent to an activating group) is 1. The Balaban J connectivity index is 2.28. The highest BCUT2D eigenvalue weighted by atomic mass is 16.2. The lowest BCUT2D eigenvalue weighted by Gasteiger charge is -2.25.